The van der Waals surface area contributed by atoms with Crippen LogP contribution in [0.3, 0.4) is 0 Å². The van der Waals surface area contributed by atoms with E-state index in [1.54, 1.807) is 13.8 Å². The number of hydrogen-bond donors (Lipinski definition) is 2. The molecule has 4 nitrogen and oxygen atoms in total. The van der Waals surface area contributed by atoms with Gasteiger partial charge in [-0.3, -0.25) is 10.1 Å². The van der Waals surface area contributed by atoms with Gasteiger partial charge in [-0.05, 0) is 19.4 Å². The molecule has 0 aliphatic rings. The van der Waals surface area contributed by atoms with Crippen molar-refractivity contribution in [2.24, 2.45) is 5.73 Å². The maximum absolute atomic E-state index is 11.6. The Morgan fingerprint density at radius 1 is 1.41 bits per heavy atom. The van der Waals surface area contributed by atoms with E-state index >= 15 is 0 Å². The Morgan fingerprint density at radius 3 is 2.47 bits per heavy atom. The molecule has 0 amide bonds. The molecule has 0 heterocycles. The van der Waals surface area contributed by atoms with Gasteiger partial charge in [-0.15, -0.1) is 0 Å². The molecule has 1 rings (SSSR count). The number of carbonyl (C=O) groups is 1. The molecule has 0 fully saturated rings. The summed E-state index contributed by atoms with van der Waals surface area (Å²) < 4.78 is 4.75. The Hall–Kier alpha value is -1.39. The smallest absolute Gasteiger partial charge is 0.324 e. The minimum absolute atomic E-state index is 0.339. The Kier molecular flexibility index (Phi) is 4.66. The number of carbonyl (C=O) groups excluding carboxylic acids is 1. The van der Waals surface area contributed by atoms with E-state index in [1.807, 2.05) is 30.3 Å². The molecule has 1 aromatic rings. The van der Waals surface area contributed by atoms with Gasteiger partial charge < -0.3 is 10.5 Å². The van der Waals surface area contributed by atoms with E-state index in [4.69, 9.17) is 10.5 Å². The lowest BCUT2D eigenvalue weighted by atomic mass is 9.95. The van der Waals surface area contributed by atoms with E-state index in [0.717, 1.165) is 5.56 Å². The van der Waals surface area contributed by atoms with E-state index < -0.39 is 11.6 Å². The molecule has 3 N–H and O–H groups in total. The van der Waals surface area contributed by atoms with Crippen molar-refractivity contribution >= 4 is 5.97 Å². The molecule has 94 valence electrons. The second-order valence-electron chi connectivity index (χ2n) is 4.64. The first kappa shape index (κ1) is 13.7. The van der Waals surface area contributed by atoms with Crippen LogP contribution in [0.1, 0.15) is 19.4 Å². The Bertz CT molecular complexity index is 357. The van der Waals surface area contributed by atoms with Gasteiger partial charge in [-0.1, -0.05) is 30.3 Å². The number of methoxy groups -OCH3 is 1. The fraction of sp³-hybridized carbons (Fsp3) is 0.462. The van der Waals surface area contributed by atoms with Crippen LogP contribution in [-0.2, 0) is 16.1 Å². The summed E-state index contributed by atoms with van der Waals surface area (Å²) in [5, 5.41) is 3.13. The summed E-state index contributed by atoms with van der Waals surface area (Å²) in [7, 11) is 1.37. The van der Waals surface area contributed by atoms with E-state index in [-0.39, 0.29) is 5.97 Å². The predicted molar refractivity (Wildman–Crippen MR) is 67.4 cm³/mol. The van der Waals surface area contributed by atoms with Crippen molar-refractivity contribution in [1.82, 2.24) is 5.32 Å². The third-order valence-corrected chi connectivity index (χ3v) is 2.53. The SMILES string of the molecule is COC(=O)C(NCc1ccccc1)C(C)(C)N. The molecule has 4 heteroatoms. The molecule has 0 aliphatic carbocycles. The Morgan fingerprint density at radius 2 is 2.00 bits per heavy atom. The zero-order chi connectivity index (χ0) is 12.9. The number of esters is 1. The summed E-state index contributed by atoms with van der Waals surface area (Å²) in [5.41, 5.74) is 6.39. The average Bonchev–Trinajstić information content (AvgIpc) is 2.28. The van der Waals surface area contributed by atoms with E-state index in [0.29, 0.717) is 6.54 Å². The maximum atomic E-state index is 11.6. The van der Waals surface area contributed by atoms with Gasteiger partial charge in [0.05, 0.1) is 7.11 Å². The van der Waals surface area contributed by atoms with Crippen molar-refractivity contribution in [2.45, 2.75) is 32.0 Å². The third-order valence-electron chi connectivity index (χ3n) is 2.53. The first-order valence-electron chi connectivity index (χ1n) is 5.59. The van der Waals surface area contributed by atoms with Crippen molar-refractivity contribution in [1.29, 1.82) is 0 Å². The number of nitrogens with two attached hydrogens (primary N) is 1. The van der Waals surface area contributed by atoms with E-state index in [2.05, 4.69) is 5.32 Å². The monoisotopic (exact) mass is 236 g/mol. The lowest BCUT2D eigenvalue weighted by molar-refractivity contribution is -0.144. The van der Waals surface area contributed by atoms with Gasteiger partial charge in [-0.25, -0.2) is 0 Å². The molecule has 0 saturated heterocycles. The van der Waals surface area contributed by atoms with Gasteiger partial charge in [-0.2, -0.15) is 0 Å². The van der Waals surface area contributed by atoms with Crippen LogP contribution in [0.2, 0.25) is 0 Å². The molecule has 1 aromatic carbocycles. The largest absolute Gasteiger partial charge is 0.468 e. The van der Waals surface area contributed by atoms with Crippen LogP contribution >= 0.6 is 0 Å². The summed E-state index contributed by atoms with van der Waals surface area (Å²) in [5.74, 6) is -0.339. The number of ether oxygens (including phenoxy) is 1. The highest BCUT2D eigenvalue weighted by Gasteiger charge is 2.32. The fourth-order valence-electron chi connectivity index (χ4n) is 1.58. The first-order valence-corrected chi connectivity index (χ1v) is 5.59. The van der Waals surface area contributed by atoms with Gasteiger partial charge in [0.15, 0.2) is 0 Å². The lowest BCUT2D eigenvalue weighted by Crippen LogP contribution is -2.57. The second-order valence-corrected chi connectivity index (χ2v) is 4.64. The molecule has 0 bridgehead atoms. The molecular formula is C13H20N2O2. The van der Waals surface area contributed by atoms with Gasteiger partial charge in [0.1, 0.15) is 6.04 Å². The summed E-state index contributed by atoms with van der Waals surface area (Å²) in [4.78, 5) is 11.6. The van der Waals surface area contributed by atoms with Crippen molar-refractivity contribution in [3.8, 4) is 0 Å². The van der Waals surface area contributed by atoms with Gasteiger partial charge in [0.2, 0.25) is 0 Å². The van der Waals surface area contributed by atoms with Crippen LogP contribution in [-0.4, -0.2) is 24.7 Å². The topological polar surface area (TPSA) is 64.3 Å². The van der Waals surface area contributed by atoms with Gasteiger partial charge in [0.25, 0.3) is 0 Å². The van der Waals surface area contributed by atoms with E-state index in [1.165, 1.54) is 7.11 Å². The number of benzene rings is 1. The van der Waals surface area contributed by atoms with Gasteiger partial charge >= 0.3 is 5.97 Å². The Labute approximate surface area is 102 Å². The highest BCUT2D eigenvalue weighted by molar-refractivity contribution is 5.77. The minimum atomic E-state index is -0.665. The van der Waals surface area contributed by atoms with Crippen molar-refractivity contribution in [3.05, 3.63) is 35.9 Å². The van der Waals surface area contributed by atoms with Crippen LogP contribution in [0.5, 0.6) is 0 Å². The number of nitrogens with one attached hydrogen (secondary N) is 1. The van der Waals surface area contributed by atoms with Gasteiger partial charge in [0, 0.05) is 12.1 Å². The molecule has 17 heavy (non-hydrogen) atoms. The highest BCUT2D eigenvalue weighted by atomic mass is 16.5. The summed E-state index contributed by atoms with van der Waals surface area (Å²) in [6.45, 7) is 4.18. The quantitative estimate of drug-likeness (QED) is 0.750. The fourth-order valence-corrected chi connectivity index (χ4v) is 1.58. The highest BCUT2D eigenvalue weighted by Crippen LogP contribution is 2.08. The molecule has 1 unspecified atom stereocenters. The van der Waals surface area contributed by atoms with Crippen molar-refractivity contribution in [3.63, 3.8) is 0 Å². The standard InChI is InChI=1S/C13H20N2O2/c1-13(2,14)11(12(16)17-3)15-9-10-7-5-4-6-8-10/h4-8,11,15H,9,14H2,1-3H3. The van der Waals surface area contributed by atoms with Crippen molar-refractivity contribution < 1.29 is 9.53 Å². The zero-order valence-corrected chi connectivity index (χ0v) is 10.6. The summed E-state index contributed by atoms with van der Waals surface area (Å²) in [6.07, 6.45) is 0. The second kappa shape index (κ2) is 5.80. The summed E-state index contributed by atoms with van der Waals surface area (Å²) >= 11 is 0. The first-order chi connectivity index (χ1) is 7.95. The molecule has 1 atom stereocenters. The maximum Gasteiger partial charge on any atom is 0.324 e. The molecule has 0 spiro atoms. The van der Waals surface area contributed by atoms with Crippen molar-refractivity contribution in [2.75, 3.05) is 7.11 Å². The predicted octanol–water partition coefficient (Wildman–Crippen LogP) is 1.06. The van der Waals surface area contributed by atoms with Crippen LogP contribution in [0.25, 0.3) is 0 Å². The summed E-state index contributed by atoms with van der Waals surface area (Å²) in [6, 6.07) is 9.33. The number of hydrogen-bond acceptors (Lipinski definition) is 4. The van der Waals surface area contributed by atoms with Crippen LogP contribution in [0.15, 0.2) is 30.3 Å². The lowest BCUT2D eigenvalue weighted by Gasteiger charge is -2.29. The third kappa shape index (κ3) is 4.17. The molecule has 0 saturated carbocycles. The zero-order valence-electron chi connectivity index (χ0n) is 10.6. The van der Waals surface area contributed by atoms with Crippen LogP contribution in [0, 0.1) is 0 Å². The van der Waals surface area contributed by atoms with Crippen LogP contribution < -0.4 is 11.1 Å². The minimum Gasteiger partial charge on any atom is -0.468 e. The van der Waals surface area contributed by atoms with E-state index in [9.17, 15) is 4.79 Å². The normalized spacial score (nSPS) is 13.2. The molecular weight excluding hydrogens is 216 g/mol. The molecule has 0 aliphatic heterocycles. The molecule has 0 radical (unpaired) electrons. The number of rotatable bonds is 5. The Balaban J connectivity index is 2.65. The average molecular weight is 236 g/mol. The van der Waals surface area contributed by atoms with Crippen LogP contribution in [0.4, 0.5) is 0 Å². The molecule has 0 aromatic heterocycles.